The van der Waals surface area contributed by atoms with Crippen LogP contribution in [-0.4, -0.2) is 35.6 Å². The summed E-state index contributed by atoms with van der Waals surface area (Å²) in [5, 5.41) is 9.29. The molecular formula is C20H28FNO2. The van der Waals surface area contributed by atoms with E-state index in [0.717, 1.165) is 49.9 Å². The summed E-state index contributed by atoms with van der Waals surface area (Å²) in [6.07, 6.45) is 4.81. The number of carbonyl (C=O) groups is 1. The second kappa shape index (κ2) is 6.83. The number of likely N-dealkylation sites (tertiary alicyclic amines) is 1. The molecule has 1 saturated heterocycles. The molecule has 3 nitrogen and oxygen atoms in total. The van der Waals surface area contributed by atoms with Gasteiger partial charge in [-0.15, -0.1) is 0 Å². The van der Waals surface area contributed by atoms with Gasteiger partial charge in [0.2, 0.25) is 5.91 Å². The number of halogens is 1. The van der Waals surface area contributed by atoms with E-state index in [2.05, 4.69) is 0 Å². The van der Waals surface area contributed by atoms with Gasteiger partial charge in [-0.1, -0.05) is 25.1 Å². The lowest BCUT2D eigenvalue weighted by Gasteiger charge is -2.54. The second-order valence-corrected chi connectivity index (χ2v) is 7.73. The number of hydrogen-bond donors (Lipinski definition) is 1. The quantitative estimate of drug-likeness (QED) is 0.914. The molecule has 2 fully saturated rings. The smallest absolute Gasteiger partial charge is 0.228 e. The fraction of sp³-hybridized carbons (Fsp3) is 0.650. The molecule has 1 atom stereocenters. The van der Waals surface area contributed by atoms with Crippen molar-refractivity contribution in [2.75, 3.05) is 19.7 Å². The Kier molecular flexibility index (Phi) is 4.95. The molecule has 24 heavy (non-hydrogen) atoms. The van der Waals surface area contributed by atoms with E-state index in [-0.39, 0.29) is 29.7 Å². The number of aryl methyl sites for hydroxylation is 1. The highest BCUT2D eigenvalue weighted by Crippen LogP contribution is 2.49. The molecule has 4 heteroatoms. The highest BCUT2D eigenvalue weighted by molar-refractivity contribution is 5.80. The summed E-state index contributed by atoms with van der Waals surface area (Å²) in [7, 11) is 0. The molecule has 132 valence electrons. The predicted molar refractivity (Wildman–Crippen MR) is 92.2 cm³/mol. The molecule has 3 rings (SSSR count). The lowest BCUT2D eigenvalue weighted by Crippen LogP contribution is -2.60. The predicted octanol–water partition coefficient (Wildman–Crippen LogP) is 3.64. The number of aliphatic hydroxyl groups is 1. The highest BCUT2D eigenvalue weighted by Gasteiger charge is 2.47. The summed E-state index contributed by atoms with van der Waals surface area (Å²) in [5.41, 5.74) is 1.83. The van der Waals surface area contributed by atoms with E-state index in [4.69, 9.17) is 0 Å². The Balaban J connectivity index is 1.57. The van der Waals surface area contributed by atoms with Gasteiger partial charge in [0, 0.05) is 18.5 Å². The van der Waals surface area contributed by atoms with E-state index >= 15 is 0 Å². The number of amides is 1. The van der Waals surface area contributed by atoms with Gasteiger partial charge >= 0.3 is 0 Å². The van der Waals surface area contributed by atoms with E-state index < -0.39 is 0 Å². The number of benzene rings is 1. The first kappa shape index (κ1) is 17.4. The minimum atomic E-state index is -0.250. The van der Waals surface area contributed by atoms with Gasteiger partial charge in [-0.2, -0.15) is 0 Å². The molecule has 0 bridgehead atoms. The maximum atomic E-state index is 14.3. The lowest BCUT2D eigenvalue weighted by molar-refractivity contribution is -0.151. The van der Waals surface area contributed by atoms with Gasteiger partial charge in [0.1, 0.15) is 5.82 Å². The number of aliphatic hydroxyl groups excluding tert-OH is 1. The highest BCUT2D eigenvalue weighted by atomic mass is 19.1. The third-order valence-corrected chi connectivity index (χ3v) is 6.13. The number of carbonyl (C=O) groups excluding carboxylic acids is 1. The van der Waals surface area contributed by atoms with Gasteiger partial charge in [-0.25, -0.2) is 4.39 Å². The van der Waals surface area contributed by atoms with Crippen molar-refractivity contribution in [2.45, 2.75) is 51.9 Å². The largest absolute Gasteiger partial charge is 0.396 e. The van der Waals surface area contributed by atoms with Crippen LogP contribution >= 0.6 is 0 Å². The SMILES string of the molecule is CC[C@H](CO)C(=O)N1CC2(CCC(c3cccc(C)c3F)CC2)C1. The van der Waals surface area contributed by atoms with Crippen LogP contribution in [0.4, 0.5) is 4.39 Å². The molecule has 2 aliphatic rings. The topological polar surface area (TPSA) is 40.5 Å². The van der Waals surface area contributed by atoms with E-state index in [1.807, 2.05) is 36.9 Å². The molecule has 0 radical (unpaired) electrons. The molecule has 1 N–H and O–H groups in total. The third-order valence-electron chi connectivity index (χ3n) is 6.13. The molecule has 0 unspecified atom stereocenters. The van der Waals surface area contributed by atoms with E-state index in [1.54, 1.807) is 0 Å². The van der Waals surface area contributed by atoms with Gasteiger partial charge in [0.05, 0.1) is 12.5 Å². The van der Waals surface area contributed by atoms with Crippen molar-refractivity contribution in [3.63, 3.8) is 0 Å². The summed E-state index contributed by atoms with van der Waals surface area (Å²) in [4.78, 5) is 14.2. The molecule has 1 amide bonds. The monoisotopic (exact) mass is 333 g/mol. The van der Waals surface area contributed by atoms with Crippen LogP contribution in [0.3, 0.4) is 0 Å². The molecular weight excluding hydrogens is 305 g/mol. The van der Waals surface area contributed by atoms with Crippen molar-refractivity contribution < 1.29 is 14.3 Å². The Bertz CT molecular complexity index is 596. The summed E-state index contributed by atoms with van der Waals surface area (Å²) in [5.74, 6) is 0.108. The zero-order chi connectivity index (χ0) is 17.3. The zero-order valence-electron chi connectivity index (χ0n) is 14.7. The number of nitrogens with zero attached hydrogens (tertiary/aromatic N) is 1. The minimum absolute atomic E-state index is 0.0439. The fourth-order valence-corrected chi connectivity index (χ4v) is 4.40. The van der Waals surface area contributed by atoms with Crippen molar-refractivity contribution in [1.82, 2.24) is 4.90 Å². The summed E-state index contributed by atoms with van der Waals surface area (Å²) < 4.78 is 14.3. The summed E-state index contributed by atoms with van der Waals surface area (Å²) in [6.45, 7) is 5.32. The zero-order valence-corrected chi connectivity index (χ0v) is 14.7. The maximum Gasteiger partial charge on any atom is 0.228 e. The van der Waals surface area contributed by atoms with Crippen LogP contribution in [0.5, 0.6) is 0 Å². The second-order valence-electron chi connectivity index (χ2n) is 7.73. The molecule has 1 heterocycles. The van der Waals surface area contributed by atoms with Crippen LogP contribution in [0.25, 0.3) is 0 Å². The van der Waals surface area contributed by atoms with Gasteiger partial charge in [0.25, 0.3) is 0 Å². The van der Waals surface area contributed by atoms with Crippen LogP contribution in [0.2, 0.25) is 0 Å². The van der Waals surface area contributed by atoms with Crippen LogP contribution in [0.15, 0.2) is 18.2 Å². The van der Waals surface area contributed by atoms with E-state index in [9.17, 15) is 14.3 Å². The van der Waals surface area contributed by atoms with E-state index in [0.29, 0.717) is 12.3 Å². The van der Waals surface area contributed by atoms with Crippen molar-refractivity contribution >= 4 is 5.91 Å². The van der Waals surface area contributed by atoms with Crippen LogP contribution < -0.4 is 0 Å². The Morgan fingerprint density at radius 3 is 2.62 bits per heavy atom. The van der Waals surface area contributed by atoms with Crippen molar-refractivity contribution in [2.24, 2.45) is 11.3 Å². The first-order valence-corrected chi connectivity index (χ1v) is 9.14. The molecule has 1 aromatic carbocycles. The number of rotatable bonds is 4. The molecule has 1 aromatic rings. The minimum Gasteiger partial charge on any atom is -0.396 e. The molecule has 1 saturated carbocycles. The standard InChI is InChI=1S/C20H28FNO2/c1-3-15(11-23)19(24)22-12-20(13-22)9-7-16(8-10-20)17-6-4-5-14(2)18(17)21/h4-6,15-16,23H,3,7-13H2,1-2H3/t15-/m1/s1. The average Bonchev–Trinajstić information content (AvgIpc) is 2.56. The Morgan fingerprint density at radius 1 is 1.38 bits per heavy atom. The van der Waals surface area contributed by atoms with E-state index in [1.165, 1.54) is 0 Å². The number of hydrogen-bond acceptors (Lipinski definition) is 2. The van der Waals surface area contributed by atoms with Gasteiger partial charge < -0.3 is 10.0 Å². The Hall–Kier alpha value is -1.42. The molecule has 1 spiro atoms. The third kappa shape index (κ3) is 3.08. The molecule has 1 aliphatic heterocycles. The summed E-state index contributed by atoms with van der Waals surface area (Å²) >= 11 is 0. The first-order chi connectivity index (χ1) is 11.5. The molecule has 1 aliphatic carbocycles. The fourth-order valence-electron chi connectivity index (χ4n) is 4.40. The van der Waals surface area contributed by atoms with Gasteiger partial charge in [-0.3, -0.25) is 4.79 Å². The van der Waals surface area contributed by atoms with Crippen LogP contribution in [0.1, 0.15) is 56.1 Å². The average molecular weight is 333 g/mol. The summed E-state index contributed by atoms with van der Waals surface area (Å²) in [6, 6.07) is 5.69. The van der Waals surface area contributed by atoms with Crippen LogP contribution in [0, 0.1) is 24.1 Å². The van der Waals surface area contributed by atoms with Crippen molar-refractivity contribution in [3.05, 3.63) is 35.1 Å². The van der Waals surface area contributed by atoms with Gasteiger partial charge in [-0.05, 0) is 56.1 Å². The lowest BCUT2D eigenvalue weighted by atomic mass is 9.64. The van der Waals surface area contributed by atoms with Crippen molar-refractivity contribution in [3.8, 4) is 0 Å². The Morgan fingerprint density at radius 2 is 2.04 bits per heavy atom. The van der Waals surface area contributed by atoms with Crippen LogP contribution in [-0.2, 0) is 4.79 Å². The maximum absolute atomic E-state index is 14.3. The Labute approximate surface area is 143 Å². The van der Waals surface area contributed by atoms with Crippen molar-refractivity contribution in [1.29, 1.82) is 0 Å². The molecule has 0 aromatic heterocycles. The van der Waals surface area contributed by atoms with Gasteiger partial charge in [0.15, 0.2) is 0 Å². The normalized spacial score (nSPS) is 21.6. The first-order valence-electron chi connectivity index (χ1n) is 9.14.